The van der Waals surface area contributed by atoms with Crippen molar-refractivity contribution in [1.29, 1.82) is 0 Å². The van der Waals surface area contributed by atoms with Gasteiger partial charge in [-0.05, 0) is 30.7 Å². The van der Waals surface area contributed by atoms with E-state index in [0.717, 1.165) is 30.0 Å². The summed E-state index contributed by atoms with van der Waals surface area (Å²) < 4.78 is 3.64. The van der Waals surface area contributed by atoms with Crippen molar-refractivity contribution < 1.29 is 4.79 Å². The molecule has 9 heteroatoms. The van der Waals surface area contributed by atoms with Crippen molar-refractivity contribution in [3.8, 4) is 0 Å². The van der Waals surface area contributed by atoms with Crippen LogP contribution in [0.2, 0.25) is 5.02 Å². The highest BCUT2D eigenvalue weighted by Crippen LogP contribution is 2.18. The number of rotatable bonds is 5. The number of piperazine rings is 1. The Morgan fingerprint density at radius 3 is 2.48 bits per heavy atom. The number of nitrogens with zero attached hydrogens (tertiary/aromatic N) is 6. The quantitative estimate of drug-likeness (QED) is 0.454. The van der Waals surface area contributed by atoms with Crippen LogP contribution < -0.4 is 5.56 Å². The Hall–Kier alpha value is -3.23. The van der Waals surface area contributed by atoms with E-state index in [2.05, 4.69) is 15.1 Å². The third-order valence-electron chi connectivity index (χ3n) is 6.28. The average molecular weight is 465 g/mol. The lowest BCUT2D eigenvalue weighted by atomic mass is 10.1. The molecular weight excluding hydrogens is 440 g/mol. The second kappa shape index (κ2) is 8.96. The fraction of sp³-hybridized carbons (Fsp3) is 0.333. The molecule has 33 heavy (non-hydrogen) atoms. The van der Waals surface area contributed by atoms with Crippen molar-refractivity contribution in [3.63, 3.8) is 0 Å². The van der Waals surface area contributed by atoms with E-state index in [1.807, 2.05) is 64.8 Å². The van der Waals surface area contributed by atoms with Gasteiger partial charge >= 0.3 is 0 Å². The Morgan fingerprint density at radius 1 is 1.00 bits per heavy atom. The third-order valence-corrected chi connectivity index (χ3v) is 6.65. The van der Waals surface area contributed by atoms with Gasteiger partial charge in [-0.3, -0.25) is 23.5 Å². The van der Waals surface area contributed by atoms with Crippen LogP contribution in [0, 0.1) is 0 Å². The van der Waals surface area contributed by atoms with Crippen LogP contribution in [0.15, 0.2) is 53.3 Å². The number of benzene rings is 2. The first-order valence-electron chi connectivity index (χ1n) is 11.2. The van der Waals surface area contributed by atoms with E-state index in [1.54, 1.807) is 4.57 Å². The molecule has 0 atom stereocenters. The summed E-state index contributed by atoms with van der Waals surface area (Å²) in [5, 5.41) is 10.0. The molecule has 1 saturated heterocycles. The summed E-state index contributed by atoms with van der Waals surface area (Å²) in [5.41, 5.74) is 1.62. The zero-order valence-electron chi connectivity index (χ0n) is 18.4. The predicted molar refractivity (Wildman–Crippen MR) is 127 cm³/mol. The summed E-state index contributed by atoms with van der Waals surface area (Å²) in [6, 6.07) is 15.0. The molecule has 2 aromatic heterocycles. The van der Waals surface area contributed by atoms with Gasteiger partial charge in [0.25, 0.3) is 5.56 Å². The van der Waals surface area contributed by atoms with E-state index >= 15 is 0 Å². The van der Waals surface area contributed by atoms with Crippen LogP contribution >= 0.6 is 11.6 Å². The monoisotopic (exact) mass is 464 g/mol. The predicted octanol–water partition coefficient (Wildman–Crippen LogP) is 2.60. The van der Waals surface area contributed by atoms with Crippen molar-refractivity contribution in [1.82, 2.24) is 29.0 Å². The van der Waals surface area contributed by atoms with Gasteiger partial charge in [0, 0.05) is 37.7 Å². The molecule has 5 rings (SSSR count). The molecular formula is C24H25ClN6O2. The highest BCUT2D eigenvalue weighted by molar-refractivity contribution is 6.31. The van der Waals surface area contributed by atoms with Gasteiger partial charge in [-0.25, -0.2) is 0 Å². The molecule has 170 valence electrons. The third kappa shape index (κ3) is 4.00. The summed E-state index contributed by atoms with van der Waals surface area (Å²) >= 11 is 6.21. The standard InChI is InChI=1S/C24H25ClN6O2/c1-2-30-23(33)18-8-4-6-10-20(18)31-21(26-27-24(30)31)16-28-11-13-29(14-12-28)22(32)15-17-7-3-5-9-19(17)25/h3-10H,2,11-16H2,1H3. The second-order valence-electron chi connectivity index (χ2n) is 8.24. The molecule has 8 nitrogen and oxygen atoms in total. The Bertz CT molecular complexity index is 1390. The Morgan fingerprint density at radius 2 is 1.73 bits per heavy atom. The zero-order chi connectivity index (χ0) is 22.9. The first-order valence-corrected chi connectivity index (χ1v) is 11.5. The first kappa shape index (κ1) is 21.6. The molecule has 0 saturated carbocycles. The number of fused-ring (bicyclic) bond motifs is 3. The molecule has 1 amide bonds. The fourth-order valence-corrected chi connectivity index (χ4v) is 4.68. The molecule has 0 radical (unpaired) electrons. The Labute approximate surface area is 196 Å². The summed E-state index contributed by atoms with van der Waals surface area (Å²) in [6.07, 6.45) is 0.315. The minimum Gasteiger partial charge on any atom is -0.340 e. The molecule has 4 aromatic rings. The maximum Gasteiger partial charge on any atom is 0.262 e. The maximum atomic E-state index is 12.9. The number of hydrogen-bond donors (Lipinski definition) is 0. The van der Waals surface area contributed by atoms with Gasteiger partial charge in [0.1, 0.15) is 0 Å². The van der Waals surface area contributed by atoms with Gasteiger partial charge in [-0.2, -0.15) is 0 Å². The molecule has 2 aromatic carbocycles. The van der Waals surface area contributed by atoms with Gasteiger partial charge in [0.2, 0.25) is 11.7 Å². The highest BCUT2D eigenvalue weighted by atomic mass is 35.5. The topological polar surface area (TPSA) is 75.7 Å². The summed E-state index contributed by atoms with van der Waals surface area (Å²) in [7, 11) is 0. The lowest BCUT2D eigenvalue weighted by Crippen LogP contribution is -2.48. The van der Waals surface area contributed by atoms with E-state index < -0.39 is 0 Å². The number of amides is 1. The number of hydrogen-bond acceptors (Lipinski definition) is 5. The number of aryl methyl sites for hydroxylation is 1. The molecule has 1 aliphatic heterocycles. The first-order chi connectivity index (χ1) is 16.1. The van der Waals surface area contributed by atoms with E-state index in [1.165, 1.54) is 0 Å². The zero-order valence-corrected chi connectivity index (χ0v) is 19.2. The number of para-hydroxylation sites is 1. The molecule has 0 bridgehead atoms. The number of halogens is 1. The number of carbonyl (C=O) groups is 1. The minimum atomic E-state index is -0.0507. The summed E-state index contributed by atoms with van der Waals surface area (Å²) in [5.74, 6) is 1.44. The molecule has 0 N–H and O–H groups in total. The number of carbonyl (C=O) groups excluding carboxylic acids is 1. The Kier molecular flexibility index (Phi) is 5.86. The van der Waals surface area contributed by atoms with Gasteiger partial charge in [0.15, 0.2) is 5.82 Å². The van der Waals surface area contributed by atoms with E-state index in [0.29, 0.717) is 48.8 Å². The summed E-state index contributed by atoms with van der Waals surface area (Å²) in [6.45, 7) is 5.85. The SMILES string of the molecule is CCn1c(=O)c2ccccc2n2c(CN3CCN(C(=O)Cc4ccccc4Cl)CC3)nnc12. The van der Waals surface area contributed by atoms with Crippen molar-refractivity contribution in [2.45, 2.75) is 26.4 Å². The van der Waals surface area contributed by atoms with Crippen LogP contribution in [0.1, 0.15) is 18.3 Å². The van der Waals surface area contributed by atoms with E-state index in [-0.39, 0.29) is 11.5 Å². The van der Waals surface area contributed by atoms with Crippen LogP contribution in [-0.2, 0) is 24.3 Å². The molecule has 0 aliphatic carbocycles. The fourth-order valence-electron chi connectivity index (χ4n) is 4.47. The van der Waals surface area contributed by atoms with Crippen LogP contribution in [-0.4, -0.2) is 61.1 Å². The minimum absolute atomic E-state index is 0.0507. The Balaban J connectivity index is 1.33. The van der Waals surface area contributed by atoms with E-state index in [4.69, 9.17) is 11.6 Å². The van der Waals surface area contributed by atoms with Crippen LogP contribution in [0.5, 0.6) is 0 Å². The van der Waals surface area contributed by atoms with Crippen LogP contribution in [0.25, 0.3) is 16.7 Å². The normalized spacial score (nSPS) is 14.9. The smallest absolute Gasteiger partial charge is 0.262 e. The largest absolute Gasteiger partial charge is 0.340 e. The average Bonchev–Trinajstić information content (AvgIpc) is 3.25. The van der Waals surface area contributed by atoms with Crippen LogP contribution in [0.3, 0.4) is 0 Å². The van der Waals surface area contributed by atoms with Crippen molar-refractivity contribution in [3.05, 3.63) is 75.3 Å². The molecule has 1 fully saturated rings. The van der Waals surface area contributed by atoms with Gasteiger partial charge in [-0.1, -0.05) is 41.9 Å². The highest BCUT2D eigenvalue weighted by Gasteiger charge is 2.24. The van der Waals surface area contributed by atoms with Crippen molar-refractivity contribution in [2.24, 2.45) is 0 Å². The van der Waals surface area contributed by atoms with Crippen molar-refractivity contribution in [2.75, 3.05) is 26.2 Å². The lowest BCUT2D eigenvalue weighted by molar-refractivity contribution is -0.132. The van der Waals surface area contributed by atoms with Gasteiger partial charge in [0.05, 0.1) is 23.9 Å². The lowest BCUT2D eigenvalue weighted by Gasteiger charge is -2.34. The van der Waals surface area contributed by atoms with Crippen molar-refractivity contribution >= 4 is 34.2 Å². The second-order valence-corrected chi connectivity index (χ2v) is 8.65. The molecule has 0 unspecified atom stereocenters. The summed E-state index contributed by atoms with van der Waals surface area (Å²) in [4.78, 5) is 29.8. The number of aromatic nitrogens is 4. The molecule has 3 heterocycles. The van der Waals surface area contributed by atoms with Gasteiger partial charge in [-0.15, -0.1) is 10.2 Å². The van der Waals surface area contributed by atoms with Crippen LogP contribution in [0.4, 0.5) is 0 Å². The van der Waals surface area contributed by atoms with Gasteiger partial charge < -0.3 is 4.90 Å². The van der Waals surface area contributed by atoms with E-state index in [9.17, 15) is 9.59 Å². The maximum absolute atomic E-state index is 12.9. The molecule has 1 aliphatic rings. The molecule has 0 spiro atoms.